The molecule has 11 heteroatoms. The van der Waals surface area contributed by atoms with Crippen molar-refractivity contribution < 1.29 is 4.21 Å². The van der Waals surface area contributed by atoms with Crippen molar-refractivity contribution in [1.82, 2.24) is 34.5 Å². The second-order valence-corrected chi connectivity index (χ2v) is 10.8. The van der Waals surface area contributed by atoms with Crippen LogP contribution in [0.1, 0.15) is 62.5 Å². The van der Waals surface area contributed by atoms with Gasteiger partial charge in [-0.15, -0.1) is 0 Å². The van der Waals surface area contributed by atoms with Gasteiger partial charge in [-0.05, 0) is 45.2 Å². The van der Waals surface area contributed by atoms with Crippen molar-refractivity contribution in [3.05, 3.63) is 58.2 Å². The summed E-state index contributed by atoms with van der Waals surface area (Å²) in [5, 5.41) is 3.68. The van der Waals surface area contributed by atoms with E-state index in [1.54, 1.807) is 29.4 Å². The van der Waals surface area contributed by atoms with Gasteiger partial charge in [0, 0.05) is 30.5 Å². The van der Waals surface area contributed by atoms with Crippen molar-refractivity contribution in [3.63, 3.8) is 0 Å². The summed E-state index contributed by atoms with van der Waals surface area (Å²) in [4.78, 5) is 40.5. The molecule has 0 saturated heterocycles. The first-order valence-corrected chi connectivity index (χ1v) is 13.4. The Balaban J connectivity index is 1.51. The van der Waals surface area contributed by atoms with E-state index in [0.29, 0.717) is 40.2 Å². The summed E-state index contributed by atoms with van der Waals surface area (Å²) in [6, 6.07) is 3.45. The molecule has 1 N–H and O–H groups in total. The molecule has 0 aromatic carbocycles. The molecule has 4 aromatic rings. The van der Waals surface area contributed by atoms with Crippen LogP contribution in [0.3, 0.4) is 0 Å². The van der Waals surface area contributed by atoms with Crippen LogP contribution in [-0.2, 0) is 17.3 Å². The van der Waals surface area contributed by atoms with E-state index in [2.05, 4.69) is 30.2 Å². The van der Waals surface area contributed by atoms with Gasteiger partial charge in [0.15, 0.2) is 17.3 Å². The molecule has 1 aliphatic rings. The highest BCUT2D eigenvalue weighted by atomic mass is 32.2. The number of hydrogen-bond donors (Lipinski definition) is 1. The SMILES string of the molecule is CCS(=O)c1ccc(CNc2nc3cnc(-c4c(C)ncnc4C4CC4)nc3n(C(C)C)c2=O)cn1. The topological polar surface area (TPSA) is 128 Å². The average molecular weight is 505 g/mol. The maximum absolute atomic E-state index is 13.4. The van der Waals surface area contributed by atoms with Crippen molar-refractivity contribution in [2.24, 2.45) is 0 Å². The highest BCUT2D eigenvalue weighted by Gasteiger charge is 2.30. The lowest BCUT2D eigenvalue weighted by Gasteiger charge is -2.16. The van der Waals surface area contributed by atoms with Crippen LogP contribution in [0.15, 0.2) is 40.7 Å². The normalized spacial score (nSPS) is 14.4. The molecule has 4 aromatic heterocycles. The molecule has 4 heterocycles. The fraction of sp³-hybridized carbons (Fsp3) is 0.400. The predicted octanol–water partition coefficient (Wildman–Crippen LogP) is 3.54. The Morgan fingerprint density at radius 3 is 2.58 bits per heavy atom. The molecule has 36 heavy (non-hydrogen) atoms. The summed E-state index contributed by atoms with van der Waals surface area (Å²) in [7, 11) is -1.10. The summed E-state index contributed by atoms with van der Waals surface area (Å²) < 4.78 is 13.6. The van der Waals surface area contributed by atoms with Gasteiger partial charge < -0.3 is 5.32 Å². The number of rotatable bonds is 8. The van der Waals surface area contributed by atoms with Gasteiger partial charge >= 0.3 is 0 Å². The molecule has 0 aliphatic heterocycles. The van der Waals surface area contributed by atoms with E-state index in [1.807, 2.05) is 33.8 Å². The fourth-order valence-electron chi connectivity index (χ4n) is 4.13. The van der Waals surface area contributed by atoms with Gasteiger partial charge in [-0.1, -0.05) is 13.0 Å². The van der Waals surface area contributed by atoms with Gasteiger partial charge in [0.25, 0.3) is 5.56 Å². The number of aryl methyl sites for hydroxylation is 1. The Hall–Kier alpha value is -3.60. The average Bonchev–Trinajstić information content (AvgIpc) is 3.72. The van der Waals surface area contributed by atoms with Crippen molar-refractivity contribution in [1.29, 1.82) is 0 Å². The Morgan fingerprint density at radius 1 is 1.11 bits per heavy atom. The smallest absolute Gasteiger partial charge is 0.295 e. The van der Waals surface area contributed by atoms with Crippen molar-refractivity contribution in [2.75, 3.05) is 11.1 Å². The maximum Gasteiger partial charge on any atom is 0.295 e. The Bertz CT molecular complexity index is 1510. The number of nitrogens with one attached hydrogen (secondary N) is 1. The molecule has 5 rings (SSSR count). The second kappa shape index (κ2) is 9.81. The molecule has 10 nitrogen and oxygen atoms in total. The van der Waals surface area contributed by atoms with Crippen LogP contribution < -0.4 is 10.9 Å². The first-order chi connectivity index (χ1) is 17.4. The predicted molar refractivity (Wildman–Crippen MR) is 138 cm³/mol. The van der Waals surface area contributed by atoms with Gasteiger partial charge in [-0.25, -0.2) is 29.9 Å². The first kappa shape index (κ1) is 24.1. The molecule has 0 bridgehead atoms. The molecule has 0 amide bonds. The quantitative estimate of drug-likeness (QED) is 0.383. The van der Waals surface area contributed by atoms with Crippen molar-refractivity contribution >= 4 is 27.8 Å². The summed E-state index contributed by atoms with van der Waals surface area (Å²) in [5.41, 5.74) is 4.21. The van der Waals surface area contributed by atoms with Crippen LogP contribution in [-0.4, -0.2) is 44.4 Å². The minimum absolute atomic E-state index is 0.146. The van der Waals surface area contributed by atoms with E-state index in [0.717, 1.165) is 35.4 Å². The minimum atomic E-state index is -1.10. The van der Waals surface area contributed by atoms with Gasteiger partial charge in [0.05, 0.1) is 33.9 Å². The highest BCUT2D eigenvalue weighted by Crippen LogP contribution is 2.43. The molecular formula is C25H28N8O2S. The maximum atomic E-state index is 13.4. The van der Waals surface area contributed by atoms with E-state index in [-0.39, 0.29) is 17.4 Å². The summed E-state index contributed by atoms with van der Waals surface area (Å²) in [6.45, 7) is 8.01. The lowest BCUT2D eigenvalue weighted by molar-refractivity contribution is 0.593. The zero-order chi connectivity index (χ0) is 25.4. The molecule has 1 saturated carbocycles. The number of pyridine rings is 1. The Kier molecular flexibility index (Phi) is 6.57. The van der Waals surface area contributed by atoms with Gasteiger partial charge in [-0.2, -0.15) is 0 Å². The summed E-state index contributed by atoms with van der Waals surface area (Å²) in [6.07, 6.45) is 7.09. The van der Waals surface area contributed by atoms with E-state index in [4.69, 9.17) is 4.98 Å². The largest absolute Gasteiger partial charge is 0.361 e. The van der Waals surface area contributed by atoms with Gasteiger partial charge in [-0.3, -0.25) is 13.6 Å². The number of aromatic nitrogens is 7. The highest BCUT2D eigenvalue weighted by molar-refractivity contribution is 7.84. The van der Waals surface area contributed by atoms with Gasteiger partial charge in [0.1, 0.15) is 16.9 Å². The lowest BCUT2D eigenvalue weighted by Crippen LogP contribution is -2.27. The van der Waals surface area contributed by atoms with Crippen LogP contribution in [0, 0.1) is 6.92 Å². The second-order valence-electron chi connectivity index (χ2n) is 9.12. The van der Waals surface area contributed by atoms with Crippen LogP contribution in [0.25, 0.3) is 22.6 Å². The zero-order valence-corrected chi connectivity index (χ0v) is 21.5. The fourth-order valence-corrected chi connectivity index (χ4v) is 4.82. The summed E-state index contributed by atoms with van der Waals surface area (Å²) >= 11 is 0. The third-order valence-corrected chi connectivity index (χ3v) is 7.39. The Morgan fingerprint density at radius 2 is 1.92 bits per heavy atom. The van der Waals surface area contributed by atoms with E-state index in [9.17, 15) is 9.00 Å². The first-order valence-electron chi connectivity index (χ1n) is 12.1. The molecule has 1 aliphatic carbocycles. The van der Waals surface area contributed by atoms with Gasteiger partial charge in [0.2, 0.25) is 0 Å². The van der Waals surface area contributed by atoms with Crippen LogP contribution in [0.5, 0.6) is 0 Å². The van der Waals surface area contributed by atoms with E-state index >= 15 is 0 Å². The molecule has 1 unspecified atom stereocenters. The van der Waals surface area contributed by atoms with E-state index < -0.39 is 10.8 Å². The monoisotopic (exact) mass is 504 g/mol. The standard InChI is InChI=1S/C25H28N8O2S/c1-5-36(35)19-9-6-16(10-26-19)11-27-23-25(34)33(14(2)3)24-18(31-23)12-28-22(32-24)20-15(4)29-13-30-21(20)17-7-8-17/h6,9-10,12-14,17H,5,7-8,11H2,1-4H3,(H,27,31). The number of anilines is 1. The van der Waals surface area contributed by atoms with E-state index in [1.165, 1.54) is 0 Å². The van der Waals surface area contributed by atoms with Crippen molar-refractivity contribution in [2.45, 2.75) is 64.1 Å². The molecule has 1 fully saturated rings. The third-order valence-electron chi connectivity index (χ3n) is 6.16. The third kappa shape index (κ3) is 4.62. The molecule has 0 radical (unpaired) electrons. The molecule has 0 spiro atoms. The van der Waals surface area contributed by atoms with Crippen LogP contribution >= 0.6 is 0 Å². The van der Waals surface area contributed by atoms with Crippen molar-refractivity contribution in [3.8, 4) is 11.4 Å². The van der Waals surface area contributed by atoms with Crippen LogP contribution in [0.4, 0.5) is 5.82 Å². The number of fused-ring (bicyclic) bond motifs is 1. The lowest BCUT2D eigenvalue weighted by atomic mass is 10.1. The number of hydrogen-bond acceptors (Lipinski definition) is 9. The Labute approximate surface area is 211 Å². The molecular weight excluding hydrogens is 476 g/mol. The minimum Gasteiger partial charge on any atom is -0.361 e. The van der Waals surface area contributed by atoms with Crippen LogP contribution in [0.2, 0.25) is 0 Å². The number of nitrogens with zero attached hydrogens (tertiary/aromatic N) is 7. The summed E-state index contributed by atoms with van der Waals surface area (Å²) in [5.74, 6) is 1.65. The molecule has 1 atom stereocenters. The zero-order valence-electron chi connectivity index (χ0n) is 20.7. The molecule has 186 valence electrons.